The summed E-state index contributed by atoms with van der Waals surface area (Å²) in [6, 6.07) is 11.2. The van der Waals surface area contributed by atoms with Gasteiger partial charge in [0.1, 0.15) is 11.8 Å². The van der Waals surface area contributed by atoms with Gasteiger partial charge in [0.25, 0.3) is 0 Å². The summed E-state index contributed by atoms with van der Waals surface area (Å²) >= 11 is 0. The molecule has 1 atom stereocenters. The lowest BCUT2D eigenvalue weighted by atomic mass is 10.1. The number of halogens is 3. The van der Waals surface area contributed by atoms with Crippen LogP contribution in [0.2, 0.25) is 0 Å². The molecule has 2 rings (SSSR count). The number of aromatic nitrogens is 1. The third-order valence-corrected chi connectivity index (χ3v) is 3.14. The van der Waals surface area contributed by atoms with Crippen molar-refractivity contribution in [2.75, 3.05) is 0 Å². The fourth-order valence-electron chi connectivity index (χ4n) is 1.98. The van der Waals surface area contributed by atoms with Gasteiger partial charge < -0.3 is 9.88 Å². The SMILES string of the molecule is C[C@@H](NC(=O)C(F)(F)F)c1ccc(-n2cccc2C#N)cc1. The first-order valence-corrected chi connectivity index (χ1v) is 6.38. The van der Waals surface area contributed by atoms with Gasteiger partial charge in [-0.1, -0.05) is 12.1 Å². The molecule has 0 saturated carbocycles. The Hall–Kier alpha value is -2.75. The molecule has 2 aromatic rings. The Balaban J connectivity index is 2.16. The highest BCUT2D eigenvalue weighted by Gasteiger charge is 2.39. The highest BCUT2D eigenvalue weighted by molar-refractivity contribution is 5.82. The number of hydrogen-bond donors (Lipinski definition) is 1. The van der Waals surface area contributed by atoms with E-state index in [-0.39, 0.29) is 0 Å². The Morgan fingerprint density at radius 3 is 2.45 bits per heavy atom. The predicted molar refractivity (Wildman–Crippen MR) is 73.1 cm³/mol. The van der Waals surface area contributed by atoms with Gasteiger partial charge in [0.2, 0.25) is 0 Å². The van der Waals surface area contributed by atoms with E-state index in [2.05, 4.69) is 0 Å². The molecule has 1 aromatic heterocycles. The Bertz CT molecular complexity index is 711. The lowest BCUT2D eigenvalue weighted by Gasteiger charge is -2.16. The number of benzene rings is 1. The number of nitrogens with zero attached hydrogens (tertiary/aromatic N) is 2. The smallest absolute Gasteiger partial charge is 0.342 e. The summed E-state index contributed by atoms with van der Waals surface area (Å²) in [5.74, 6) is -1.97. The van der Waals surface area contributed by atoms with Crippen molar-refractivity contribution in [2.45, 2.75) is 19.1 Å². The standard InChI is InChI=1S/C15H12F3N3O/c1-10(20-14(22)15(16,17)18)11-4-6-12(7-5-11)21-8-2-3-13(21)9-19/h2-8,10H,1H3,(H,20,22)/t10-/m1/s1. The summed E-state index contributed by atoms with van der Waals surface area (Å²) in [7, 11) is 0. The Labute approximate surface area is 124 Å². The molecule has 0 unspecified atom stereocenters. The van der Waals surface area contributed by atoms with Crippen molar-refractivity contribution in [3.8, 4) is 11.8 Å². The molecule has 0 radical (unpaired) electrons. The molecule has 0 aliphatic heterocycles. The van der Waals surface area contributed by atoms with Crippen molar-refractivity contribution in [3.63, 3.8) is 0 Å². The van der Waals surface area contributed by atoms with Crippen LogP contribution in [0.3, 0.4) is 0 Å². The van der Waals surface area contributed by atoms with Gasteiger partial charge in [0, 0.05) is 11.9 Å². The maximum atomic E-state index is 12.2. The van der Waals surface area contributed by atoms with Gasteiger partial charge in [-0.2, -0.15) is 18.4 Å². The van der Waals surface area contributed by atoms with Gasteiger partial charge in [0.05, 0.1) is 6.04 Å². The summed E-state index contributed by atoms with van der Waals surface area (Å²) in [6.45, 7) is 1.47. The molecule has 1 amide bonds. The van der Waals surface area contributed by atoms with Gasteiger partial charge in [0.15, 0.2) is 0 Å². The first-order chi connectivity index (χ1) is 10.3. The molecule has 114 valence electrons. The zero-order chi connectivity index (χ0) is 16.3. The molecule has 0 fully saturated rings. The molecule has 0 saturated heterocycles. The Morgan fingerprint density at radius 2 is 1.91 bits per heavy atom. The molecule has 7 heteroatoms. The molecule has 0 aliphatic rings. The number of rotatable bonds is 3. The van der Waals surface area contributed by atoms with E-state index in [0.717, 1.165) is 0 Å². The zero-order valence-electron chi connectivity index (χ0n) is 11.6. The molecule has 1 N–H and O–H groups in total. The Kier molecular flexibility index (Phi) is 4.22. The summed E-state index contributed by atoms with van der Waals surface area (Å²) in [4.78, 5) is 10.9. The molecular formula is C15H12F3N3O. The average molecular weight is 307 g/mol. The monoisotopic (exact) mass is 307 g/mol. The molecule has 0 spiro atoms. The van der Waals surface area contributed by atoms with E-state index >= 15 is 0 Å². The van der Waals surface area contributed by atoms with E-state index in [1.165, 1.54) is 6.92 Å². The number of nitrogens with one attached hydrogen (secondary N) is 1. The third kappa shape index (κ3) is 3.28. The van der Waals surface area contributed by atoms with Crippen molar-refractivity contribution in [1.82, 2.24) is 9.88 Å². The van der Waals surface area contributed by atoms with E-state index < -0.39 is 18.1 Å². The van der Waals surface area contributed by atoms with Crippen molar-refractivity contribution in [1.29, 1.82) is 5.26 Å². The van der Waals surface area contributed by atoms with Crippen molar-refractivity contribution in [3.05, 3.63) is 53.9 Å². The van der Waals surface area contributed by atoms with Crippen molar-refractivity contribution < 1.29 is 18.0 Å². The van der Waals surface area contributed by atoms with Crippen LogP contribution in [0.4, 0.5) is 13.2 Å². The quantitative estimate of drug-likeness (QED) is 0.947. The second-order valence-electron chi connectivity index (χ2n) is 4.66. The van der Waals surface area contributed by atoms with Crippen molar-refractivity contribution in [2.24, 2.45) is 0 Å². The summed E-state index contributed by atoms with van der Waals surface area (Å²) in [6.07, 6.45) is -3.19. The number of nitriles is 1. The zero-order valence-corrected chi connectivity index (χ0v) is 11.6. The first kappa shape index (κ1) is 15.6. The number of hydrogen-bond acceptors (Lipinski definition) is 2. The molecule has 22 heavy (non-hydrogen) atoms. The van der Waals surface area contributed by atoms with Crippen LogP contribution in [-0.4, -0.2) is 16.7 Å². The predicted octanol–water partition coefficient (Wildman–Crippen LogP) is 3.09. The third-order valence-electron chi connectivity index (χ3n) is 3.14. The van der Waals surface area contributed by atoms with Crippen LogP contribution in [0.5, 0.6) is 0 Å². The molecular weight excluding hydrogens is 295 g/mol. The van der Waals surface area contributed by atoms with Crippen LogP contribution in [0.1, 0.15) is 24.2 Å². The fraction of sp³-hybridized carbons (Fsp3) is 0.200. The van der Waals surface area contributed by atoms with Gasteiger partial charge in [-0.15, -0.1) is 0 Å². The highest BCUT2D eigenvalue weighted by Crippen LogP contribution is 2.20. The van der Waals surface area contributed by atoms with Crippen LogP contribution < -0.4 is 5.32 Å². The van der Waals surface area contributed by atoms with Gasteiger partial charge >= 0.3 is 12.1 Å². The normalized spacial score (nSPS) is 12.5. The maximum Gasteiger partial charge on any atom is 0.471 e. The molecule has 1 aromatic carbocycles. The van der Waals surface area contributed by atoms with Gasteiger partial charge in [-0.05, 0) is 36.8 Å². The highest BCUT2D eigenvalue weighted by atomic mass is 19.4. The number of alkyl halides is 3. The maximum absolute atomic E-state index is 12.2. The van der Waals surface area contributed by atoms with E-state index in [1.807, 2.05) is 11.4 Å². The lowest BCUT2D eigenvalue weighted by molar-refractivity contribution is -0.174. The summed E-state index contributed by atoms with van der Waals surface area (Å²) in [5.41, 5.74) is 1.69. The van der Waals surface area contributed by atoms with E-state index in [9.17, 15) is 18.0 Å². The van der Waals surface area contributed by atoms with Crippen LogP contribution in [-0.2, 0) is 4.79 Å². The number of amides is 1. The van der Waals surface area contributed by atoms with Gasteiger partial charge in [-0.25, -0.2) is 0 Å². The van der Waals surface area contributed by atoms with Crippen LogP contribution in [0.25, 0.3) is 5.69 Å². The fourth-order valence-corrected chi connectivity index (χ4v) is 1.98. The molecule has 4 nitrogen and oxygen atoms in total. The summed E-state index contributed by atoms with van der Waals surface area (Å²) in [5, 5.41) is 10.9. The van der Waals surface area contributed by atoms with E-state index in [1.54, 1.807) is 47.2 Å². The minimum Gasteiger partial charge on any atom is -0.342 e. The van der Waals surface area contributed by atoms with E-state index in [4.69, 9.17) is 5.26 Å². The molecule has 1 heterocycles. The lowest BCUT2D eigenvalue weighted by Crippen LogP contribution is -2.38. The van der Waals surface area contributed by atoms with Crippen LogP contribution >= 0.6 is 0 Å². The first-order valence-electron chi connectivity index (χ1n) is 6.38. The topological polar surface area (TPSA) is 57.8 Å². The largest absolute Gasteiger partial charge is 0.471 e. The Morgan fingerprint density at radius 1 is 1.27 bits per heavy atom. The molecule has 0 aliphatic carbocycles. The minimum atomic E-state index is -4.90. The second kappa shape index (κ2) is 5.93. The minimum absolute atomic E-state index is 0.450. The van der Waals surface area contributed by atoms with Gasteiger partial charge in [-0.3, -0.25) is 4.79 Å². The second-order valence-corrected chi connectivity index (χ2v) is 4.66. The number of carbonyl (C=O) groups excluding carboxylic acids is 1. The summed E-state index contributed by atoms with van der Waals surface area (Å²) < 4.78 is 38.3. The van der Waals surface area contributed by atoms with Crippen LogP contribution in [0.15, 0.2) is 42.6 Å². The number of carbonyl (C=O) groups is 1. The van der Waals surface area contributed by atoms with Crippen LogP contribution in [0, 0.1) is 11.3 Å². The van der Waals surface area contributed by atoms with E-state index in [0.29, 0.717) is 16.9 Å². The van der Waals surface area contributed by atoms with Crippen molar-refractivity contribution >= 4 is 5.91 Å². The average Bonchev–Trinajstić information content (AvgIpc) is 2.94. The molecule has 0 bridgehead atoms.